The number of rotatable bonds is 6. The Labute approximate surface area is 184 Å². The molecular formula is C23H22ClF2N3O2. The van der Waals surface area contributed by atoms with Gasteiger partial charge in [0.15, 0.2) is 11.7 Å². The number of halogens is 3. The summed E-state index contributed by atoms with van der Waals surface area (Å²) in [5.74, 6) is 0.434. The molecule has 1 aliphatic rings. The van der Waals surface area contributed by atoms with Gasteiger partial charge in [-0.3, -0.25) is 9.69 Å². The van der Waals surface area contributed by atoms with Crippen LogP contribution in [0.4, 0.5) is 8.78 Å². The van der Waals surface area contributed by atoms with Crippen LogP contribution >= 0.6 is 11.6 Å². The number of carbonyl (C=O) groups excluding carboxylic acids is 1. The van der Waals surface area contributed by atoms with Crippen LogP contribution in [0.25, 0.3) is 11.3 Å². The summed E-state index contributed by atoms with van der Waals surface area (Å²) in [6.45, 7) is 3.35. The molecular weight excluding hydrogens is 424 g/mol. The van der Waals surface area contributed by atoms with Gasteiger partial charge in [0, 0.05) is 56.2 Å². The summed E-state index contributed by atoms with van der Waals surface area (Å²) in [5, 5.41) is 0.421. The number of hydrogen-bond donors (Lipinski definition) is 0. The molecule has 0 atom stereocenters. The second-order valence-corrected chi connectivity index (χ2v) is 7.93. The lowest BCUT2D eigenvalue weighted by molar-refractivity contribution is -0.133. The van der Waals surface area contributed by atoms with E-state index in [1.54, 1.807) is 24.4 Å². The fourth-order valence-corrected chi connectivity index (χ4v) is 3.82. The molecule has 2 heterocycles. The van der Waals surface area contributed by atoms with E-state index in [0.29, 0.717) is 49.1 Å². The van der Waals surface area contributed by atoms with E-state index in [9.17, 15) is 13.6 Å². The molecule has 1 amide bonds. The molecule has 4 rings (SSSR count). The Hall–Kier alpha value is -2.77. The van der Waals surface area contributed by atoms with Crippen molar-refractivity contribution < 1.29 is 18.0 Å². The Morgan fingerprint density at radius 2 is 1.74 bits per heavy atom. The Morgan fingerprint density at radius 1 is 1.03 bits per heavy atom. The van der Waals surface area contributed by atoms with Crippen molar-refractivity contribution in [2.75, 3.05) is 26.2 Å². The van der Waals surface area contributed by atoms with Gasteiger partial charge in [-0.2, -0.15) is 0 Å². The van der Waals surface area contributed by atoms with Crippen molar-refractivity contribution >= 4 is 17.5 Å². The van der Waals surface area contributed by atoms with Crippen LogP contribution in [0.3, 0.4) is 0 Å². The molecule has 162 valence electrons. The SMILES string of the molecule is O=C(CCc1ncc(-c2ccc(F)cc2)o1)N1CCN(Cc2ccc(F)cc2Cl)CC1. The fraction of sp³-hybridized carbons (Fsp3) is 0.304. The quantitative estimate of drug-likeness (QED) is 0.558. The predicted molar refractivity (Wildman–Crippen MR) is 113 cm³/mol. The number of nitrogens with zero attached hydrogens (tertiary/aromatic N) is 3. The molecule has 0 spiro atoms. The minimum atomic E-state index is -0.347. The van der Waals surface area contributed by atoms with Gasteiger partial charge in [0.2, 0.25) is 5.91 Å². The topological polar surface area (TPSA) is 49.6 Å². The van der Waals surface area contributed by atoms with Crippen molar-refractivity contribution in [3.8, 4) is 11.3 Å². The molecule has 1 fully saturated rings. The average Bonchev–Trinajstić information content (AvgIpc) is 3.24. The van der Waals surface area contributed by atoms with Crippen LogP contribution < -0.4 is 0 Å². The first-order chi connectivity index (χ1) is 15.0. The van der Waals surface area contributed by atoms with Gasteiger partial charge in [-0.1, -0.05) is 17.7 Å². The van der Waals surface area contributed by atoms with Crippen LogP contribution in [0.15, 0.2) is 53.1 Å². The standard InChI is InChI=1S/C23H22ClF2N3O2/c24-20-13-19(26)6-3-17(20)15-28-9-11-29(12-10-28)23(30)8-7-22-27-14-21(31-22)16-1-4-18(25)5-2-16/h1-6,13-14H,7-12,15H2. The van der Waals surface area contributed by atoms with Gasteiger partial charge in [-0.05, 0) is 42.0 Å². The number of carbonyl (C=O) groups is 1. The van der Waals surface area contributed by atoms with Crippen molar-refractivity contribution in [2.45, 2.75) is 19.4 Å². The smallest absolute Gasteiger partial charge is 0.223 e. The van der Waals surface area contributed by atoms with Gasteiger partial charge < -0.3 is 9.32 Å². The van der Waals surface area contributed by atoms with E-state index in [4.69, 9.17) is 16.0 Å². The second-order valence-electron chi connectivity index (χ2n) is 7.52. The molecule has 0 aliphatic carbocycles. The Bertz CT molecular complexity index is 1050. The summed E-state index contributed by atoms with van der Waals surface area (Å²) < 4.78 is 31.9. The van der Waals surface area contributed by atoms with E-state index in [1.165, 1.54) is 24.3 Å². The first-order valence-electron chi connectivity index (χ1n) is 10.1. The van der Waals surface area contributed by atoms with Gasteiger partial charge in [0.1, 0.15) is 11.6 Å². The lowest BCUT2D eigenvalue weighted by Crippen LogP contribution is -2.48. The van der Waals surface area contributed by atoms with E-state index in [0.717, 1.165) is 24.2 Å². The molecule has 2 aromatic carbocycles. The Balaban J connectivity index is 1.24. The van der Waals surface area contributed by atoms with Crippen LogP contribution in [-0.2, 0) is 17.8 Å². The van der Waals surface area contributed by atoms with E-state index in [2.05, 4.69) is 9.88 Å². The lowest BCUT2D eigenvalue weighted by Gasteiger charge is -2.35. The molecule has 0 radical (unpaired) electrons. The molecule has 0 unspecified atom stereocenters. The van der Waals surface area contributed by atoms with Crippen LogP contribution in [0.5, 0.6) is 0 Å². The second kappa shape index (κ2) is 9.58. The molecule has 0 N–H and O–H groups in total. The van der Waals surface area contributed by atoms with Gasteiger partial charge in [-0.15, -0.1) is 0 Å². The van der Waals surface area contributed by atoms with Crippen molar-refractivity contribution in [2.24, 2.45) is 0 Å². The van der Waals surface area contributed by atoms with Gasteiger partial charge in [0.25, 0.3) is 0 Å². The third-order valence-electron chi connectivity index (χ3n) is 5.37. The maximum absolute atomic E-state index is 13.2. The summed E-state index contributed by atoms with van der Waals surface area (Å²) in [6, 6.07) is 10.4. The maximum atomic E-state index is 13.2. The highest BCUT2D eigenvalue weighted by molar-refractivity contribution is 6.31. The van der Waals surface area contributed by atoms with Crippen molar-refractivity contribution in [3.63, 3.8) is 0 Å². The zero-order chi connectivity index (χ0) is 21.8. The molecule has 3 aromatic rings. The minimum absolute atomic E-state index is 0.0565. The molecule has 1 aliphatic heterocycles. The van der Waals surface area contributed by atoms with Crippen molar-refractivity contribution in [3.05, 3.63) is 76.8 Å². The monoisotopic (exact) mass is 445 g/mol. The van der Waals surface area contributed by atoms with E-state index < -0.39 is 0 Å². The number of hydrogen-bond acceptors (Lipinski definition) is 4. The Kier molecular flexibility index (Phi) is 6.63. The fourth-order valence-electron chi connectivity index (χ4n) is 3.59. The van der Waals surface area contributed by atoms with Crippen molar-refractivity contribution in [1.82, 2.24) is 14.8 Å². The molecule has 5 nitrogen and oxygen atoms in total. The maximum Gasteiger partial charge on any atom is 0.223 e. The zero-order valence-electron chi connectivity index (χ0n) is 16.9. The van der Waals surface area contributed by atoms with Gasteiger partial charge in [-0.25, -0.2) is 13.8 Å². The normalized spacial score (nSPS) is 14.7. The number of amides is 1. The largest absolute Gasteiger partial charge is 0.441 e. The first kappa shape index (κ1) is 21.5. The molecule has 1 saturated heterocycles. The van der Waals surface area contributed by atoms with Crippen LogP contribution in [0.2, 0.25) is 5.02 Å². The van der Waals surface area contributed by atoms with E-state index >= 15 is 0 Å². The number of aromatic nitrogens is 1. The molecule has 0 saturated carbocycles. The van der Waals surface area contributed by atoms with Crippen LogP contribution in [0.1, 0.15) is 17.9 Å². The van der Waals surface area contributed by atoms with E-state index in [1.807, 2.05) is 4.90 Å². The summed E-state index contributed by atoms with van der Waals surface area (Å²) in [5.41, 5.74) is 1.62. The molecule has 1 aromatic heterocycles. The van der Waals surface area contributed by atoms with Crippen molar-refractivity contribution in [1.29, 1.82) is 0 Å². The minimum Gasteiger partial charge on any atom is -0.441 e. The zero-order valence-corrected chi connectivity index (χ0v) is 17.6. The molecule has 0 bridgehead atoms. The number of piperazine rings is 1. The molecule has 31 heavy (non-hydrogen) atoms. The Morgan fingerprint density at radius 3 is 2.45 bits per heavy atom. The number of oxazole rings is 1. The highest BCUT2D eigenvalue weighted by atomic mass is 35.5. The predicted octanol–water partition coefficient (Wildman–Crippen LogP) is 4.55. The summed E-state index contributed by atoms with van der Waals surface area (Å²) >= 11 is 6.11. The van der Waals surface area contributed by atoms with Crippen LogP contribution in [0, 0.1) is 11.6 Å². The first-order valence-corrected chi connectivity index (χ1v) is 10.5. The highest BCUT2D eigenvalue weighted by Crippen LogP contribution is 2.22. The van der Waals surface area contributed by atoms with Gasteiger partial charge >= 0.3 is 0 Å². The third-order valence-corrected chi connectivity index (χ3v) is 5.72. The molecule has 8 heteroatoms. The van der Waals surface area contributed by atoms with Gasteiger partial charge in [0.05, 0.1) is 6.20 Å². The average molecular weight is 446 g/mol. The summed E-state index contributed by atoms with van der Waals surface area (Å²) in [4.78, 5) is 20.8. The highest BCUT2D eigenvalue weighted by Gasteiger charge is 2.22. The lowest BCUT2D eigenvalue weighted by atomic mass is 10.2. The van der Waals surface area contributed by atoms with E-state index in [-0.39, 0.29) is 17.5 Å². The summed E-state index contributed by atoms with van der Waals surface area (Å²) in [7, 11) is 0. The van der Waals surface area contributed by atoms with Crippen LogP contribution in [-0.4, -0.2) is 46.9 Å². The number of benzene rings is 2. The summed E-state index contributed by atoms with van der Waals surface area (Å²) in [6.07, 6.45) is 2.31. The number of aryl methyl sites for hydroxylation is 1. The third kappa shape index (κ3) is 5.48.